The van der Waals surface area contributed by atoms with Crippen LogP contribution in [0.25, 0.3) is 10.2 Å². The van der Waals surface area contributed by atoms with Gasteiger partial charge in [0.2, 0.25) is 0 Å². The summed E-state index contributed by atoms with van der Waals surface area (Å²) in [7, 11) is 0. The van der Waals surface area contributed by atoms with Gasteiger partial charge < -0.3 is 5.32 Å². The summed E-state index contributed by atoms with van der Waals surface area (Å²) in [6.45, 7) is 0.425. The molecule has 1 aromatic heterocycles. The van der Waals surface area contributed by atoms with Crippen molar-refractivity contribution in [1.29, 1.82) is 0 Å². The molecule has 0 atom stereocenters. The van der Waals surface area contributed by atoms with E-state index < -0.39 is 11.7 Å². The highest BCUT2D eigenvalue weighted by Gasteiger charge is 2.11. The van der Waals surface area contributed by atoms with Crippen LogP contribution in [0.15, 0.2) is 46.9 Å². The number of carbonyl (C=O) groups excluding carboxylic acids is 1. The van der Waals surface area contributed by atoms with E-state index in [0.29, 0.717) is 17.4 Å². The molecular formula is C16H12BrFN2OS. The number of aromatic nitrogens is 1. The van der Waals surface area contributed by atoms with Crippen LogP contribution in [0.5, 0.6) is 0 Å². The molecule has 0 unspecified atom stereocenters. The van der Waals surface area contributed by atoms with Crippen molar-refractivity contribution in [3.63, 3.8) is 0 Å². The number of nitrogens with one attached hydrogen (secondary N) is 1. The maximum absolute atomic E-state index is 13.7. The van der Waals surface area contributed by atoms with Gasteiger partial charge in [0.1, 0.15) is 5.82 Å². The third-order valence-corrected chi connectivity index (χ3v) is 4.73. The van der Waals surface area contributed by atoms with Gasteiger partial charge in [-0.2, -0.15) is 0 Å². The van der Waals surface area contributed by atoms with Gasteiger partial charge in [-0.3, -0.25) is 4.79 Å². The van der Waals surface area contributed by atoms with Crippen LogP contribution >= 0.6 is 27.3 Å². The van der Waals surface area contributed by atoms with Crippen LogP contribution in [0.1, 0.15) is 15.4 Å². The smallest absolute Gasteiger partial charge is 0.254 e. The van der Waals surface area contributed by atoms with Crippen LogP contribution in [0.2, 0.25) is 0 Å². The molecule has 0 aliphatic rings. The van der Waals surface area contributed by atoms with E-state index in [0.717, 1.165) is 15.2 Å². The fourth-order valence-corrected chi connectivity index (χ4v) is 3.38. The fourth-order valence-electron chi connectivity index (χ4n) is 2.08. The second-order valence-electron chi connectivity index (χ2n) is 4.71. The zero-order chi connectivity index (χ0) is 15.5. The van der Waals surface area contributed by atoms with Crippen LogP contribution in [0.3, 0.4) is 0 Å². The Bertz CT molecular complexity index is 801. The summed E-state index contributed by atoms with van der Waals surface area (Å²) < 4.78 is 15.4. The first-order chi connectivity index (χ1) is 10.6. The quantitative estimate of drug-likeness (QED) is 0.739. The molecule has 0 radical (unpaired) electrons. The molecule has 0 saturated heterocycles. The van der Waals surface area contributed by atoms with Crippen molar-refractivity contribution in [2.75, 3.05) is 6.54 Å². The van der Waals surface area contributed by atoms with Crippen molar-refractivity contribution in [2.45, 2.75) is 6.42 Å². The second kappa shape index (κ2) is 6.54. The minimum atomic E-state index is -0.535. The van der Waals surface area contributed by atoms with Crippen LogP contribution in [-0.2, 0) is 6.42 Å². The Hall–Kier alpha value is -1.79. The molecule has 1 heterocycles. The minimum absolute atomic E-state index is 0.0486. The van der Waals surface area contributed by atoms with E-state index in [-0.39, 0.29) is 5.56 Å². The Morgan fingerprint density at radius 1 is 1.27 bits per heavy atom. The first kappa shape index (κ1) is 15.1. The van der Waals surface area contributed by atoms with Crippen LogP contribution < -0.4 is 5.32 Å². The summed E-state index contributed by atoms with van der Waals surface area (Å²) >= 11 is 4.77. The van der Waals surface area contributed by atoms with Crippen LogP contribution in [0.4, 0.5) is 4.39 Å². The van der Waals surface area contributed by atoms with Crippen LogP contribution in [0, 0.1) is 5.82 Å². The molecule has 3 rings (SSSR count). The maximum atomic E-state index is 13.7. The highest BCUT2D eigenvalue weighted by Crippen LogP contribution is 2.21. The zero-order valence-electron chi connectivity index (χ0n) is 11.5. The summed E-state index contributed by atoms with van der Waals surface area (Å²) in [6.07, 6.45) is 0.628. The number of thiazole rings is 1. The number of amides is 1. The highest BCUT2D eigenvalue weighted by atomic mass is 79.9. The van der Waals surface area contributed by atoms with Crippen molar-refractivity contribution < 1.29 is 9.18 Å². The lowest BCUT2D eigenvalue weighted by Gasteiger charge is -2.05. The molecule has 6 heteroatoms. The molecular weight excluding hydrogens is 367 g/mol. The van der Waals surface area contributed by atoms with E-state index in [1.807, 2.05) is 24.3 Å². The molecule has 3 aromatic rings. The highest BCUT2D eigenvalue weighted by molar-refractivity contribution is 9.10. The molecule has 2 aromatic carbocycles. The number of hydrogen-bond acceptors (Lipinski definition) is 3. The summed E-state index contributed by atoms with van der Waals surface area (Å²) in [4.78, 5) is 16.5. The van der Waals surface area contributed by atoms with Gasteiger partial charge in [0.25, 0.3) is 5.91 Å². The van der Waals surface area contributed by atoms with E-state index in [2.05, 4.69) is 26.2 Å². The number of carbonyl (C=O) groups is 1. The number of halogens is 2. The third kappa shape index (κ3) is 3.34. The molecule has 0 spiro atoms. The van der Waals surface area contributed by atoms with E-state index >= 15 is 0 Å². The molecule has 22 heavy (non-hydrogen) atoms. The lowest BCUT2D eigenvalue weighted by Crippen LogP contribution is -2.26. The standard InChI is InChI=1S/C16H12BrFN2OS/c17-10-5-6-11(12(18)9-10)16(21)19-8-7-15-20-13-3-1-2-4-14(13)22-15/h1-6,9H,7-8H2,(H,19,21). The van der Waals surface area contributed by atoms with E-state index in [9.17, 15) is 9.18 Å². The average molecular weight is 379 g/mol. The van der Waals surface area contributed by atoms with Gasteiger partial charge in [-0.05, 0) is 30.3 Å². The normalized spacial score (nSPS) is 10.8. The van der Waals surface area contributed by atoms with E-state index in [4.69, 9.17) is 0 Å². The van der Waals surface area contributed by atoms with Gasteiger partial charge >= 0.3 is 0 Å². The number of rotatable bonds is 4. The van der Waals surface area contributed by atoms with Crippen molar-refractivity contribution >= 4 is 43.4 Å². The van der Waals surface area contributed by atoms with Gasteiger partial charge in [0.15, 0.2) is 0 Å². The molecule has 0 aliphatic carbocycles. The number of nitrogens with zero attached hydrogens (tertiary/aromatic N) is 1. The molecule has 0 saturated carbocycles. The van der Waals surface area contributed by atoms with Gasteiger partial charge in [-0.25, -0.2) is 9.37 Å². The number of para-hydroxylation sites is 1. The Morgan fingerprint density at radius 3 is 2.86 bits per heavy atom. The van der Waals surface area contributed by atoms with Crippen molar-refractivity contribution in [1.82, 2.24) is 10.3 Å². The van der Waals surface area contributed by atoms with Gasteiger partial charge in [-0.15, -0.1) is 11.3 Å². The summed E-state index contributed by atoms with van der Waals surface area (Å²) in [6, 6.07) is 12.3. The molecule has 1 amide bonds. The van der Waals surface area contributed by atoms with Gasteiger partial charge in [-0.1, -0.05) is 28.1 Å². The summed E-state index contributed by atoms with van der Waals surface area (Å²) in [5.74, 6) is -0.946. The minimum Gasteiger partial charge on any atom is -0.352 e. The predicted molar refractivity (Wildman–Crippen MR) is 89.8 cm³/mol. The number of benzene rings is 2. The lowest BCUT2D eigenvalue weighted by molar-refractivity contribution is 0.0950. The van der Waals surface area contributed by atoms with Crippen molar-refractivity contribution in [3.05, 3.63) is 63.3 Å². The summed E-state index contributed by atoms with van der Waals surface area (Å²) in [5, 5.41) is 3.68. The Morgan fingerprint density at radius 2 is 2.09 bits per heavy atom. The Labute approximate surface area is 139 Å². The topological polar surface area (TPSA) is 42.0 Å². The van der Waals surface area contributed by atoms with E-state index in [1.54, 1.807) is 17.4 Å². The molecule has 112 valence electrons. The zero-order valence-corrected chi connectivity index (χ0v) is 13.9. The fraction of sp³-hybridized carbons (Fsp3) is 0.125. The Kier molecular flexibility index (Phi) is 4.49. The number of hydrogen-bond donors (Lipinski definition) is 1. The molecule has 0 bridgehead atoms. The van der Waals surface area contributed by atoms with Crippen molar-refractivity contribution in [2.24, 2.45) is 0 Å². The second-order valence-corrected chi connectivity index (χ2v) is 6.74. The lowest BCUT2D eigenvalue weighted by atomic mass is 10.2. The molecule has 0 fully saturated rings. The summed E-state index contributed by atoms with van der Waals surface area (Å²) in [5.41, 5.74) is 1.01. The third-order valence-electron chi connectivity index (χ3n) is 3.14. The first-order valence-electron chi connectivity index (χ1n) is 6.71. The predicted octanol–water partition coefficient (Wildman–Crippen LogP) is 4.17. The monoisotopic (exact) mass is 378 g/mol. The van der Waals surface area contributed by atoms with Gasteiger partial charge in [0, 0.05) is 17.4 Å². The van der Waals surface area contributed by atoms with E-state index in [1.165, 1.54) is 12.1 Å². The van der Waals surface area contributed by atoms with Gasteiger partial charge in [0.05, 0.1) is 20.8 Å². The maximum Gasteiger partial charge on any atom is 0.254 e. The largest absolute Gasteiger partial charge is 0.352 e. The van der Waals surface area contributed by atoms with Crippen molar-refractivity contribution in [3.8, 4) is 0 Å². The number of fused-ring (bicyclic) bond motifs is 1. The first-order valence-corrected chi connectivity index (χ1v) is 8.32. The molecule has 0 aliphatic heterocycles. The molecule has 1 N–H and O–H groups in total. The molecule has 3 nitrogen and oxygen atoms in total. The van der Waals surface area contributed by atoms with Crippen LogP contribution in [-0.4, -0.2) is 17.4 Å². The Balaban J connectivity index is 1.61. The average Bonchev–Trinajstić information content (AvgIpc) is 2.89. The SMILES string of the molecule is O=C(NCCc1nc2ccccc2s1)c1ccc(Br)cc1F.